The molecule has 4 atom stereocenters. The molecule has 4 unspecified atom stereocenters. The third kappa shape index (κ3) is 6.46. The van der Waals surface area contributed by atoms with Crippen molar-refractivity contribution in [1.29, 1.82) is 0 Å². The van der Waals surface area contributed by atoms with E-state index in [0.29, 0.717) is 87.9 Å². The quantitative estimate of drug-likeness (QED) is 0.303. The van der Waals surface area contributed by atoms with Crippen molar-refractivity contribution < 1.29 is 27.6 Å². The number of imidazole rings is 1. The van der Waals surface area contributed by atoms with E-state index in [9.17, 15) is 32.4 Å². The number of amides is 4. The van der Waals surface area contributed by atoms with Gasteiger partial charge in [0.05, 0.1) is 16.4 Å². The van der Waals surface area contributed by atoms with Crippen molar-refractivity contribution in [3.8, 4) is 0 Å². The number of aryl methyl sites for hydroxylation is 2. The number of hydrogen-bond donors (Lipinski definition) is 2. The molecule has 60 heavy (non-hydrogen) atoms. The van der Waals surface area contributed by atoms with Crippen LogP contribution in [-0.4, -0.2) is 116 Å². The normalized spacial score (nSPS) is 28.4. The number of nitrogens with zero attached hydrogens (tertiary/aromatic N) is 8. The van der Waals surface area contributed by atoms with Crippen molar-refractivity contribution >= 4 is 56.6 Å². The van der Waals surface area contributed by atoms with Crippen LogP contribution in [0.4, 0.5) is 11.8 Å². The van der Waals surface area contributed by atoms with E-state index in [-0.39, 0.29) is 60.2 Å². The van der Waals surface area contributed by atoms with E-state index in [2.05, 4.69) is 22.5 Å². The molecule has 0 bridgehead atoms. The van der Waals surface area contributed by atoms with Crippen LogP contribution in [0.1, 0.15) is 101 Å². The molecule has 5 aliphatic heterocycles. The lowest BCUT2D eigenvalue weighted by Crippen LogP contribution is -2.49. The van der Waals surface area contributed by atoms with Crippen LogP contribution in [-0.2, 0) is 48.3 Å². The van der Waals surface area contributed by atoms with Crippen LogP contribution >= 0.6 is 0 Å². The van der Waals surface area contributed by atoms with E-state index in [1.54, 1.807) is 21.7 Å². The van der Waals surface area contributed by atoms with Gasteiger partial charge in [0, 0.05) is 88.4 Å². The highest BCUT2D eigenvalue weighted by atomic mass is 32.2. The molecule has 7 heterocycles. The van der Waals surface area contributed by atoms with Gasteiger partial charge in [-0.3, -0.25) is 38.5 Å². The highest BCUT2D eigenvalue weighted by Gasteiger charge is 2.62. The van der Waals surface area contributed by atoms with Gasteiger partial charge >= 0.3 is 5.69 Å². The zero-order valence-electron chi connectivity index (χ0n) is 34.4. The summed E-state index contributed by atoms with van der Waals surface area (Å²) in [4.78, 5) is 78.0. The van der Waals surface area contributed by atoms with Crippen LogP contribution in [0.2, 0.25) is 0 Å². The lowest BCUT2D eigenvalue weighted by atomic mass is 9.86. The molecule has 17 nitrogen and oxygen atoms in total. The van der Waals surface area contributed by atoms with Gasteiger partial charge in [-0.25, -0.2) is 9.78 Å². The Morgan fingerprint density at radius 1 is 0.933 bits per heavy atom. The molecule has 4 saturated heterocycles. The number of fused-ring (bicyclic) bond motifs is 3. The van der Waals surface area contributed by atoms with Gasteiger partial charge in [0.25, 0.3) is 10.2 Å². The van der Waals surface area contributed by atoms with Gasteiger partial charge in [0.1, 0.15) is 11.9 Å². The van der Waals surface area contributed by atoms with E-state index in [0.717, 1.165) is 55.5 Å². The predicted molar refractivity (Wildman–Crippen MR) is 221 cm³/mol. The number of nitrogens with one attached hydrogen (secondary N) is 2. The Morgan fingerprint density at radius 2 is 1.72 bits per heavy atom. The van der Waals surface area contributed by atoms with Gasteiger partial charge < -0.3 is 10.2 Å². The fraction of sp³-hybridized carbons (Fsp3) is 0.643. The maximum absolute atomic E-state index is 14.0. The van der Waals surface area contributed by atoms with Crippen molar-refractivity contribution in [3.63, 3.8) is 0 Å². The fourth-order valence-corrected chi connectivity index (χ4v) is 12.9. The maximum atomic E-state index is 14.0. The van der Waals surface area contributed by atoms with Gasteiger partial charge in [0.15, 0.2) is 0 Å². The minimum Gasteiger partial charge on any atom is -0.351 e. The molecule has 7 aliphatic rings. The summed E-state index contributed by atoms with van der Waals surface area (Å²) in [5, 5.41) is 5.80. The first-order chi connectivity index (χ1) is 28.8. The molecule has 320 valence electrons. The summed E-state index contributed by atoms with van der Waals surface area (Å²) in [6.07, 6.45) is 10.6. The standard InChI is InChI=1S/C42H54N10O7S/c1-26-4-3-5-30(26)52-36-29(42(14-15-42)38(52)56)23-43-39(46-36)44-28-12-18-49(19-13-28)60(58,59)50-21-17-41(25-50)16-20-48(24-41)35(54)11-7-27-6-8-31-33(22-27)47(2)40(57)51(31)32-9-10-34(53)45-37(32)55/h6,8,22-23,26,28,30,32H,3-5,7,9-21,24-25H2,1-2H3,(H,43,44,46)(H,45,53,55). The summed E-state index contributed by atoms with van der Waals surface area (Å²) in [5.41, 5.74) is 2.07. The van der Waals surface area contributed by atoms with Crippen LogP contribution in [0.3, 0.4) is 0 Å². The Balaban J connectivity index is 0.725. The molecule has 2 spiro atoms. The summed E-state index contributed by atoms with van der Waals surface area (Å²) in [6, 6.07) is 4.98. The lowest BCUT2D eigenvalue weighted by molar-refractivity contribution is -0.136. The monoisotopic (exact) mass is 842 g/mol. The summed E-state index contributed by atoms with van der Waals surface area (Å²) in [5.74, 6) is 1.07. The van der Waals surface area contributed by atoms with Crippen LogP contribution in [0.5, 0.6) is 0 Å². The maximum Gasteiger partial charge on any atom is 0.329 e. The second kappa shape index (κ2) is 14.5. The number of likely N-dealkylation sites (tertiary alicyclic amines) is 1. The lowest BCUT2D eigenvalue weighted by Gasteiger charge is -2.34. The van der Waals surface area contributed by atoms with Crippen molar-refractivity contribution in [3.05, 3.63) is 46.0 Å². The minimum absolute atomic E-state index is 0.00685. The van der Waals surface area contributed by atoms with Crippen LogP contribution in [0.25, 0.3) is 11.0 Å². The average molecular weight is 843 g/mol. The van der Waals surface area contributed by atoms with Crippen LogP contribution in [0, 0.1) is 11.3 Å². The number of rotatable bonds is 9. The Morgan fingerprint density at radius 3 is 2.45 bits per heavy atom. The first-order valence-corrected chi connectivity index (χ1v) is 23.2. The first-order valence-electron chi connectivity index (χ1n) is 21.8. The number of anilines is 2. The van der Waals surface area contributed by atoms with Crippen LogP contribution < -0.4 is 21.2 Å². The number of carbonyl (C=O) groups excluding carboxylic acids is 4. The Hall–Kier alpha value is -4.68. The molecular weight excluding hydrogens is 789 g/mol. The van der Waals surface area contributed by atoms with Gasteiger partial charge in [0.2, 0.25) is 29.6 Å². The number of hydrogen-bond acceptors (Lipinski definition) is 10. The molecule has 18 heteroatoms. The van der Waals surface area contributed by atoms with Crippen molar-refractivity contribution in [2.24, 2.45) is 18.4 Å². The molecule has 2 aliphatic carbocycles. The SMILES string of the molecule is CC1CCCC1N1C(=O)C2(CC2)c2cnc(NC3CCN(S(=O)(=O)N4CCC5(CCN(C(=O)CCc6ccc7c(c6)n(C)c(=O)n7C6CCC(=O)NC6=O)C5)C4)CC3)nc21. The highest BCUT2D eigenvalue weighted by molar-refractivity contribution is 7.86. The average Bonchev–Trinajstić information content (AvgIpc) is 3.50. The molecule has 3 aromatic rings. The number of piperidine rings is 2. The third-order valence-corrected chi connectivity index (χ3v) is 17.0. The van der Waals surface area contributed by atoms with Gasteiger partial charge in [-0.2, -0.15) is 22.0 Å². The van der Waals surface area contributed by atoms with Crippen molar-refractivity contribution in [2.45, 2.75) is 114 Å². The highest BCUT2D eigenvalue weighted by Crippen LogP contribution is 2.58. The molecule has 0 radical (unpaired) electrons. The van der Waals surface area contributed by atoms with E-state index in [1.165, 1.54) is 9.13 Å². The molecule has 2 aromatic heterocycles. The molecule has 1 aromatic carbocycles. The Labute approximate surface area is 349 Å². The second-order valence-corrected chi connectivity index (χ2v) is 20.6. The van der Waals surface area contributed by atoms with E-state index >= 15 is 0 Å². The number of aromatic nitrogens is 4. The van der Waals surface area contributed by atoms with E-state index < -0.39 is 27.6 Å². The molecule has 6 fully saturated rings. The molecule has 4 amide bonds. The zero-order chi connectivity index (χ0) is 41.7. The summed E-state index contributed by atoms with van der Waals surface area (Å²) < 4.78 is 34.1. The number of imide groups is 1. The van der Waals surface area contributed by atoms with E-state index in [4.69, 9.17) is 4.98 Å². The van der Waals surface area contributed by atoms with Gasteiger partial charge in [-0.1, -0.05) is 19.4 Å². The summed E-state index contributed by atoms with van der Waals surface area (Å²) in [6.45, 7) is 4.93. The largest absolute Gasteiger partial charge is 0.351 e. The second-order valence-electron chi connectivity index (χ2n) is 18.6. The number of carbonyl (C=O) groups is 4. The van der Waals surface area contributed by atoms with Gasteiger partial charge in [-0.15, -0.1) is 0 Å². The summed E-state index contributed by atoms with van der Waals surface area (Å²) in [7, 11) is -2.03. The molecular formula is C42H54N10O7S. The van der Waals surface area contributed by atoms with Crippen molar-refractivity contribution in [1.82, 2.24) is 37.9 Å². The Bertz CT molecular complexity index is 2470. The number of benzene rings is 1. The molecule has 2 N–H and O–H groups in total. The fourth-order valence-electron chi connectivity index (χ4n) is 11.2. The minimum atomic E-state index is -3.69. The Kier molecular flexibility index (Phi) is 9.51. The molecule has 2 saturated carbocycles. The predicted octanol–water partition coefficient (Wildman–Crippen LogP) is 2.35. The van der Waals surface area contributed by atoms with Crippen molar-refractivity contribution in [2.75, 3.05) is 49.5 Å². The van der Waals surface area contributed by atoms with Gasteiger partial charge in [-0.05, 0) is 87.8 Å². The first kappa shape index (κ1) is 39.5. The topological polar surface area (TPSA) is 192 Å². The summed E-state index contributed by atoms with van der Waals surface area (Å²) >= 11 is 0. The third-order valence-electron chi connectivity index (χ3n) is 15.0. The van der Waals surface area contributed by atoms with Crippen LogP contribution in [0.15, 0.2) is 29.2 Å². The smallest absolute Gasteiger partial charge is 0.329 e. The van der Waals surface area contributed by atoms with E-state index in [1.807, 2.05) is 28.1 Å². The molecule has 10 rings (SSSR count). The zero-order valence-corrected chi connectivity index (χ0v) is 35.2.